The van der Waals surface area contributed by atoms with Crippen molar-refractivity contribution in [3.8, 4) is 0 Å². The van der Waals surface area contributed by atoms with Crippen molar-refractivity contribution in [2.24, 2.45) is 11.3 Å². The van der Waals surface area contributed by atoms with Gasteiger partial charge in [-0.05, 0) is 39.0 Å². The average Bonchev–Trinajstić information content (AvgIpc) is 2.34. The van der Waals surface area contributed by atoms with Gasteiger partial charge in [-0.25, -0.2) is 0 Å². The molecule has 82 valence electrons. The lowest BCUT2D eigenvalue weighted by molar-refractivity contribution is -0.226. The van der Waals surface area contributed by atoms with E-state index in [0.717, 1.165) is 32.1 Å². The van der Waals surface area contributed by atoms with Crippen molar-refractivity contribution in [1.29, 1.82) is 0 Å². The molecule has 3 aliphatic rings. The van der Waals surface area contributed by atoms with E-state index in [1.165, 1.54) is 0 Å². The first-order valence-corrected chi connectivity index (χ1v) is 5.86. The number of hydrogen-bond donors (Lipinski definition) is 0. The highest BCUT2D eigenvalue weighted by Crippen LogP contribution is 2.62. The minimum absolute atomic E-state index is 0.0181. The molecule has 0 unspecified atom stereocenters. The fourth-order valence-corrected chi connectivity index (χ4v) is 3.77. The third-order valence-electron chi connectivity index (χ3n) is 4.81. The Kier molecular flexibility index (Phi) is 1.64. The summed E-state index contributed by atoms with van der Waals surface area (Å²) in [7, 11) is 0. The summed E-state index contributed by atoms with van der Waals surface area (Å²) < 4.78 is 5.45. The van der Waals surface area contributed by atoms with E-state index in [9.17, 15) is 9.59 Å². The Morgan fingerprint density at radius 1 is 1.27 bits per heavy atom. The summed E-state index contributed by atoms with van der Waals surface area (Å²) in [5, 5.41) is 0. The Morgan fingerprint density at radius 2 is 2.07 bits per heavy atom. The van der Waals surface area contributed by atoms with Crippen LogP contribution in [0.4, 0.5) is 0 Å². The van der Waals surface area contributed by atoms with Gasteiger partial charge in [0.25, 0.3) is 0 Å². The van der Waals surface area contributed by atoms with Crippen LogP contribution < -0.4 is 0 Å². The van der Waals surface area contributed by atoms with Gasteiger partial charge in [0.1, 0.15) is 11.4 Å². The molecule has 1 saturated heterocycles. The Labute approximate surface area is 89.2 Å². The van der Waals surface area contributed by atoms with E-state index in [1.54, 1.807) is 0 Å². The summed E-state index contributed by atoms with van der Waals surface area (Å²) in [6, 6.07) is 0. The van der Waals surface area contributed by atoms with Crippen LogP contribution in [0.3, 0.4) is 0 Å². The number of carbonyl (C=O) groups excluding carboxylic acids is 2. The number of Topliss-reactive ketones (excluding diaryl/α,β-unsaturated/α-hetero) is 1. The van der Waals surface area contributed by atoms with Gasteiger partial charge >= 0.3 is 5.97 Å². The summed E-state index contributed by atoms with van der Waals surface area (Å²) in [4.78, 5) is 23.5. The molecule has 0 bridgehead atoms. The molecule has 2 aliphatic carbocycles. The molecule has 0 N–H and O–H groups in total. The average molecular weight is 208 g/mol. The first-order chi connectivity index (χ1) is 7.10. The van der Waals surface area contributed by atoms with Gasteiger partial charge in [0, 0.05) is 6.42 Å². The Morgan fingerprint density at radius 3 is 2.80 bits per heavy atom. The van der Waals surface area contributed by atoms with E-state index in [1.807, 2.05) is 6.92 Å². The molecule has 0 aromatic carbocycles. The van der Waals surface area contributed by atoms with Gasteiger partial charge in [-0.1, -0.05) is 0 Å². The number of esters is 1. The van der Waals surface area contributed by atoms with Crippen LogP contribution in [0.25, 0.3) is 0 Å². The third kappa shape index (κ3) is 0.876. The summed E-state index contributed by atoms with van der Waals surface area (Å²) >= 11 is 0. The lowest BCUT2D eigenvalue weighted by atomic mass is 9.66. The van der Waals surface area contributed by atoms with E-state index >= 15 is 0 Å². The molecule has 15 heavy (non-hydrogen) atoms. The predicted molar refractivity (Wildman–Crippen MR) is 53.1 cm³/mol. The summed E-state index contributed by atoms with van der Waals surface area (Å²) in [5.41, 5.74) is -0.778. The molecule has 2 saturated carbocycles. The first-order valence-electron chi connectivity index (χ1n) is 5.86. The number of ketones is 1. The molecule has 1 spiro atoms. The highest BCUT2D eigenvalue weighted by atomic mass is 16.6. The molecule has 0 amide bonds. The SMILES string of the molecule is C[C@]12CC[C@@H]3C(=O)O[C@@]31CCCCC2=O. The van der Waals surface area contributed by atoms with E-state index in [0.29, 0.717) is 12.2 Å². The molecular formula is C12H16O3. The summed E-state index contributed by atoms with van der Waals surface area (Å²) in [6.07, 6.45) is 5.23. The predicted octanol–water partition coefficient (Wildman–Crippen LogP) is 1.84. The van der Waals surface area contributed by atoms with Crippen LogP contribution in [0.2, 0.25) is 0 Å². The lowest BCUT2D eigenvalue weighted by Crippen LogP contribution is -2.63. The number of rotatable bonds is 0. The molecule has 3 fully saturated rings. The van der Waals surface area contributed by atoms with Crippen molar-refractivity contribution in [1.82, 2.24) is 0 Å². The van der Waals surface area contributed by atoms with Crippen LogP contribution in [0.5, 0.6) is 0 Å². The maximum absolute atomic E-state index is 12.1. The van der Waals surface area contributed by atoms with Gasteiger partial charge in [-0.2, -0.15) is 0 Å². The third-order valence-corrected chi connectivity index (χ3v) is 4.81. The van der Waals surface area contributed by atoms with Crippen molar-refractivity contribution < 1.29 is 14.3 Å². The van der Waals surface area contributed by atoms with E-state index < -0.39 is 5.60 Å². The largest absolute Gasteiger partial charge is 0.457 e. The van der Waals surface area contributed by atoms with Gasteiger partial charge in [0.15, 0.2) is 0 Å². The van der Waals surface area contributed by atoms with Crippen LogP contribution in [-0.2, 0) is 14.3 Å². The second-order valence-electron chi connectivity index (χ2n) is 5.36. The first kappa shape index (κ1) is 9.37. The standard InChI is InChI=1S/C12H16O3/c1-11-7-5-8-10(14)15-12(8,11)6-3-2-4-9(11)13/h8H,2-7H2,1H3/t8-,11-,12+/m1/s1. The van der Waals surface area contributed by atoms with Crippen molar-refractivity contribution in [3.63, 3.8) is 0 Å². The molecule has 0 radical (unpaired) electrons. The molecular weight excluding hydrogens is 192 g/mol. The van der Waals surface area contributed by atoms with Crippen LogP contribution in [-0.4, -0.2) is 17.4 Å². The zero-order chi connectivity index (χ0) is 10.7. The smallest absolute Gasteiger partial charge is 0.313 e. The van der Waals surface area contributed by atoms with Crippen LogP contribution >= 0.6 is 0 Å². The highest BCUT2D eigenvalue weighted by Gasteiger charge is 2.71. The van der Waals surface area contributed by atoms with E-state index in [4.69, 9.17) is 4.74 Å². The molecule has 3 rings (SSSR count). The van der Waals surface area contributed by atoms with Gasteiger partial charge in [-0.15, -0.1) is 0 Å². The van der Waals surface area contributed by atoms with E-state index in [-0.39, 0.29) is 17.3 Å². The minimum Gasteiger partial charge on any atom is -0.457 e. The monoisotopic (exact) mass is 208 g/mol. The summed E-state index contributed by atoms with van der Waals surface area (Å²) in [6.45, 7) is 2.01. The second kappa shape index (κ2) is 2.63. The minimum atomic E-state index is -0.405. The maximum atomic E-state index is 12.1. The Bertz CT molecular complexity index is 349. The fourth-order valence-electron chi connectivity index (χ4n) is 3.77. The van der Waals surface area contributed by atoms with Crippen molar-refractivity contribution >= 4 is 11.8 Å². The zero-order valence-electron chi connectivity index (χ0n) is 9.04. The van der Waals surface area contributed by atoms with E-state index in [2.05, 4.69) is 0 Å². The Hall–Kier alpha value is -0.860. The number of ether oxygens (including phenoxy) is 1. The van der Waals surface area contributed by atoms with Crippen LogP contribution in [0.15, 0.2) is 0 Å². The molecule has 3 atom stereocenters. The molecule has 3 nitrogen and oxygen atoms in total. The number of carbonyl (C=O) groups is 2. The molecule has 0 aromatic rings. The van der Waals surface area contributed by atoms with Crippen LogP contribution in [0.1, 0.15) is 45.4 Å². The van der Waals surface area contributed by atoms with Crippen molar-refractivity contribution in [2.45, 2.75) is 51.0 Å². The van der Waals surface area contributed by atoms with Gasteiger partial charge in [0.2, 0.25) is 0 Å². The summed E-state index contributed by atoms with van der Waals surface area (Å²) in [5.74, 6) is 0.257. The van der Waals surface area contributed by atoms with Crippen molar-refractivity contribution in [3.05, 3.63) is 0 Å². The van der Waals surface area contributed by atoms with Crippen molar-refractivity contribution in [2.75, 3.05) is 0 Å². The fraction of sp³-hybridized carbons (Fsp3) is 0.833. The quantitative estimate of drug-likeness (QED) is 0.570. The topological polar surface area (TPSA) is 43.4 Å². The van der Waals surface area contributed by atoms with Gasteiger partial charge in [-0.3, -0.25) is 9.59 Å². The second-order valence-corrected chi connectivity index (χ2v) is 5.36. The highest BCUT2D eigenvalue weighted by molar-refractivity contribution is 5.92. The molecule has 1 heterocycles. The number of hydrogen-bond acceptors (Lipinski definition) is 3. The van der Waals surface area contributed by atoms with Gasteiger partial charge in [0.05, 0.1) is 11.3 Å². The molecule has 0 aromatic heterocycles. The molecule has 1 aliphatic heterocycles. The van der Waals surface area contributed by atoms with Gasteiger partial charge < -0.3 is 4.74 Å². The molecule has 3 heteroatoms. The van der Waals surface area contributed by atoms with Crippen LogP contribution in [0, 0.1) is 11.3 Å². The Balaban J connectivity index is 2.05. The normalized spacial score (nSPS) is 48.7. The lowest BCUT2D eigenvalue weighted by Gasteiger charge is -2.50. The zero-order valence-corrected chi connectivity index (χ0v) is 9.04. The maximum Gasteiger partial charge on any atom is 0.313 e.